The Balaban J connectivity index is 1.96. The molecule has 1 heterocycles. The first-order valence-electron chi connectivity index (χ1n) is 6.32. The van der Waals surface area contributed by atoms with Crippen LogP contribution in [-0.4, -0.2) is 30.6 Å². The average Bonchev–Trinajstić information content (AvgIpc) is 2.33. The molecule has 1 aromatic rings. The number of aryl methyl sites for hydroxylation is 1. The van der Waals surface area contributed by atoms with E-state index in [4.69, 9.17) is 0 Å². The van der Waals surface area contributed by atoms with Gasteiger partial charge in [0, 0.05) is 32.2 Å². The van der Waals surface area contributed by atoms with Crippen LogP contribution >= 0.6 is 0 Å². The van der Waals surface area contributed by atoms with Gasteiger partial charge < -0.3 is 5.32 Å². The fourth-order valence-corrected chi connectivity index (χ4v) is 2.23. The maximum Gasteiger partial charge on any atom is 0.0237 e. The maximum atomic E-state index is 3.43. The lowest BCUT2D eigenvalue weighted by molar-refractivity contribution is 0.165. The van der Waals surface area contributed by atoms with Crippen LogP contribution in [0.5, 0.6) is 0 Å². The van der Waals surface area contributed by atoms with E-state index < -0.39 is 0 Å². The van der Waals surface area contributed by atoms with Crippen molar-refractivity contribution in [2.45, 2.75) is 32.9 Å². The molecule has 2 nitrogen and oxygen atoms in total. The zero-order chi connectivity index (χ0) is 11.4. The van der Waals surface area contributed by atoms with E-state index in [1.165, 1.54) is 11.1 Å². The summed E-state index contributed by atoms with van der Waals surface area (Å²) in [5, 5.41) is 3.43. The monoisotopic (exact) mass is 218 g/mol. The van der Waals surface area contributed by atoms with E-state index in [0.717, 1.165) is 32.6 Å². The van der Waals surface area contributed by atoms with Gasteiger partial charge in [-0.2, -0.15) is 0 Å². The van der Waals surface area contributed by atoms with Crippen LogP contribution in [0.3, 0.4) is 0 Å². The minimum Gasteiger partial charge on any atom is -0.314 e. The van der Waals surface area contributed by atoms with Crippen molar-refractivity contribution < 1.29 is 0 Å². The molecule has 1 aliphatic rings. The van der Waals surface area contributed by atoms with E-state index in [2.05, 4.69) is 48.3 Å². The molecule has 16 heavy (non-hydrogen) atoms. The van der Waals surface area contributed by atoms with Crippen LogP contribution < -0.4 is 5.32 Å². The Morgan fingerprint density at radius 1 is 1.25 bits per heavy atom. The minimum atomic E-state index is 0.652. The zero-order valence-electron chi connectivity index (χ0n) is 10.4. The third-order valence-electron chi connectivity index (χ3n) is 3.46. The van der Waals surface area contributed by atoms with Crippen molar-refractivity contribution in [3.05, 3.63) is 35.4 Å². The maximum absolute atomic E-state index is 3.43. The predicted octanol–water partition coefficient (Wildman–Crippen LogP) is 2.04. The second-order valence-corrected chi connectivity index (χ2v) is 4.69. The summed E-state index contributed by atoms with van der Waals surface area (Å²) in [4.78, 5) is 2.55. The van der Waals surface area contributed by atoms with E-state index >= 15 is 0 Å². The molecular weight excluding hydrogens is 196 g/mol. The summed E-state index contributed by atoms with van der Waals surface area (Å²) in [6, 6.07) is 9.70. The topological polar surface area (TPSA) is 15.3 Å². The quantitative estimate of drug-likeness (QED) is 0.835. The van der Waals surface area contributed by atoms with Gasteiger partial charge in [-0.1, -0.05) is 31.2 Å². The highest BCUT2D eigenvalue weighted by Crippen LogP contribution is 2.11. The normalized spacial score (nSPS) is 22.2. The average molecular weight is 218 g/mol. The molecule has 1 fully saturated rings. The molecule has 0 aromatic heterocycles. The second kappa shape index (κ2) is 5.46. The van der Waals surface area contributed by atoms with Crippen LogP contribution in [0.4, 0.5) is 0 Å². The lowest BCUT2D eigenvalue weighted by atomic mass is 10.1. The highest BCUT2D eigenvalue weighted by Gasteiger charge is 2.17. The van der Waals surface area contributed by atoms with Gasteiger partial charge >= 0.3 is 0 Å². The number of piperazine rings is 1. The Morgan fingerprint density at radius 2 is 1.94 bits per heavy atom. The lowest BCUT2D eigenvalue weighted by Gasteiger charge is -2.33. The molecular formula is C14H22N2. The molecule has 0 saturated carbocycles. The Hall–Kier alpha value is -0.860. The van der Waals surface area contributed by atoms with Gasteiger partial charge in [0.1, 0.15) is 0 Å². The number of nitrogens with zero attached hydrogens (tertiary/aromatic N) is 1. The van der Waals surface area contributed by atoms with E-state index in [9.17, 15) is 0 Å². The number of benzene rings is 1. The van der Waals surface area contributed by atoms with E-state index in [0.29, 0.717) is 6.04 Å². The first-order valence-corrected chi connectivity index (χ1v) is 6.32. The number of hydrogen-bond acceptors (Lipinski definition) is 2. The van der Waals surface area contributed by atoms with Gasteiger partial charge in [0.15, 0.2) is 0 Å². The van der Waals surface area contributed by atoms with Crippen LogP contribution in [0.1, 0.15) is 25.0 Å². The Bertz CT molecular complexity index is 318. The van der Waals surface area contributed by atoms with Crippen molar-refractivity contribution >= 4 is 0 Å². The summed E-state index contributed by atoms with van der Waals surface area (Å²) in [6.45, 7) is 8.99. The number of rotatable bonds is 3. The molecule has 1 saturated heterocycles. The summed E-state index contributed by atoms with van der Waals surface area (Å²) in [6.07, 6.45) is 1.13. The molecule has 2 rings (SSSR count). The van der Waals surface area contributed by atoms with Crippen LogP contribution in [0.15, 0.2) is 24.3 Å². The fraction of sp³-hybridized carbons (Fsp3) is 0.571. The van der Waals surface area contributed by atoms with Crippen molar-refractivity contribution in [1.29, 1.82) is 0 Å². The third kappa shape index (κ3) is 2.83. The van der Waals surface area contributed by atoms with E-state index in [-0.39, 0.29) is 0 Å². The van der Waals surface area contributed by atoms with Crippen LogP contribution in [0.25, 0.3) is 0 Å². The standard InChI is InChI=1S/C14H22N2/c1-3-13-4-6-14(7-5-13)11-16-9-8-15-10-12(16)2/h4-7,12,15H,3,8-11H2,1-2H3/t12-/m0/s1. The molecule has 1 atom stereocenters. The predicted molar refractivity (Wildman–Crippen MR) is 68.6 cm³/mol. The molecule has 0 radical (unpaired) electrons. The van der Waals surface area contributed by atoms with Gasteiger partial charge in [0.05, 0.1) is 0 Å². The summed E-state index contributed by atoms with van der Waals surface area (Å²) in [7, 11) is 0. The first kappa shape index (κ1) is 11.6. The molecule has 1 aliphatic heterocycles. The summed E-state index contributed by atoms with van der Waals surface area (Å²) in [5.41, 5.74) is 2.86. The molecule has 0 aliphatic carbocycles. The van der Waals surface area contributed by atoms with Gasteiger partial charge in [0.25, 0.3) is 0 Å². The molecule has 1 N–H and O–H groups in total. The van der Waals surface area contributed by atoms with Crippen molar-refractivity contribution in [3.63, 3.8) is 0 Å². The molecule has 88 valence electrons. The Kier molecular flexibility index (Phi) is 3.97. The van der Waals surface area contributed by atoms with Gasteiger partial charge in [-0.05, 0) is 24.5 Å². The minimum absolute atomic E-state index is 0.652. The molecule has 2 heteroatoms. The van der Waals surface area contributed by atoms with Gasteiger partial charge in [-0.15, -0.1) is 0 Å². The number of hydrogen-bond donors (Lipinski definition) is 1. The Morgan fingerprint density at radius 3 is 2.56 bits per heavy atom. The van der Waals surface area contributed by atoms with Crippen LogP contribution in [0.2, 0.25) is 0 Å². The van der Waals surface area contributed by atoms with Crippen molar-refractivity contribution in [1.82, 2.24) is 10.2 Å². The second-order valence-electron chi connectivity index (χ2n) is 4.69. The summed E-state index contributed by atoms with van der Waals surface area (Å²) in [5.74, 6) is 0. The molecule has 0 unspecified atom stereocenters. The summed E-state index contributed by atoms with van der Waals surface area (Å²) < 4.78 is 0. The smallest absolute Gasteiger partial charge is 0.0237 e. The van der Waals surface area contributed by atoms with Crippen LogP contribution in [-0.2, 0) is 13.0 Å². The summed E-state index contributed by atoms with van der Waals surface area (Å²) >= 11 is 0. The molecule has 0 bridgehead atoms. The fourth-order valence-electron chi connectivity index (χ4n) is 2.23. The van der Waals surface area contributed by atoms with Crippen molar-refractivity contribution in [2.75, 3.05) is 19.6 Å². The molecule has 0 amide bonds. The Labute approximate surface area is 98.7 Å². The zero-order valence-corrected chi connectivity index (χ0v) is 10.4. The number of nitrogens with one attached hydrogen (secondary N) is 1. The van der Waals surface area contributed by atoms with Crippen LogP contribution in [0, 0.1) is 0 Å². The molecule has 0 spiro atoms. The third-order valence-corrected chi connectivity index (χ3v) is 3.46. The van der Waals surface area contributed by atoms with Gasteiger partial charge in [-0.3, -0.25) is 4.90 Å². The van der Waals surface area contributed by atoms with Gasteiger partial charge in [-0.25, -0.2) is 0 Å². The molecule has 1 aromatic carbocycles. The lowest BCUT2D eigenvalue weighted by Crippen LogP contribution is -2.49. The first-order chi connectivity index (χ1) is 7.79. The van der Waals surface area contributed by atoms with E-state index in [1.807, 2.05) is 0 Å². The van der Waals surface area contributed by atoms with Gasteiger partial charge in [0.2, 0.25) is 0 Å². The van der Waals surface area contributed by atoms with Crippen molar-refractivity contribution in [2.24, 2.45) is 0 Å². The SMILES string of the molecule is CCc1ccc(CN2CCNC[C@@H]2C)cc1. The largest absolute Gasteiger partial charge is 0.314 e. The van der Waals surface area contributed by atoms with E-state index in [1.54, 1.807) is 0 Å². The highest BCUT2D eigenvalue weighted by atomic mass is 15.2. The van der Waals surface area contributed by atoms with Crippen molar-refractivity contribution in [3.8, 4) is 0 Å². The highest BCUT2D eigenvalue weighted by molar-refractivity contribution is 5.22.